The van der Waals surface area contributed by atoms with Crippen LogP contribution in [-0.4, -0.2) is 36.4 Å². The summed E-state index contributed by atoms with van der Waals surface area (Å²) in [6, 6.07) is 0. The summed E-state index contributed by atoms with van der Waals surface area (Å²) in [5, 5.41) is 0. The van der Waals surface area contributed by atoms with Gasteiger partial charge in [-0.2, -0.15) is 0 Å². The second-order valence-corrected chi connectivity index (χ2v) is 4.43. The Balaban J connectivity index is 3.44. The molecule has 0 amide bonds. The summed E-state index contributed by atoms with van der Waals surface area (Å²) >= 11 is 0. The molecule has 0 heterocycles. The van der Waals surface area contributed by atoms with E-state index in [2.05, 4.69) is 0 Å². The minimum absolute atomic E-state index is 0.185. The third kappa shape index (κ3) is 5.67. The van der Waals surface area contributed by atoms with Crippen molar-refractivity contribution in [2.24, 2.45) is 5.73 Å². The van der Waals surface area contributed by atoms with Gasteiger partial charge in [-0.1, -0.05) is 0 Å². The van der Waals surface area contributed by atoms with Gasteiger partial charge in [0.25, 0.3) is 0 Å². The molecule has 0 saturated heterocycles. The standard InChI is InChI=1S/C7H19NO3Si/c1-7(5-4-6-8)11-12(9-2)10-3/h7,12H,4-6,8H2,1-3H3. The Bertz CT molecular complexity index is 101. The van der Waals surface area contributed by atoms with E-state index in [-0.39, 0.29) is 6.10 Å². The van der Waals surface area contributed by atoms with Crippen LogP contribution in [0.5, 0.6) is 0 Å². The summed E-state index contributed by atoms with van der Waals surface area (Å²) in [5.41, 5.74) is 5.37. The van der Waals surface area contributed by atoms with Crippen molar-refractivity contribution < 1.29 is 13.3 Å². The van der Waals surface area contributed by atoms with Gasteiger partial charge < -0.3 is 19.0 Å². The van der Waals surface area contributed by atoms with E-state index in [4.69, 9.17) is 19.0 Å². The molecule has 0 aliphatic rings. The molecule has 1 unspecified atom stereocenters. The molecule has 0 fully saturated rings. The fourth-order valence-electron chi connectivity index (χ4n) is 0.870. The maximum atomic E-state index is 5.49. The zero-order valence-corrected chi connectivity index (χ0v) is 9.23. The quantitative estimate of drug-likeness (QED) is 0.584. The summed E-state index contributed by atoms with van der Waals surface area (Å²) in [6.45, 7) is 2.72. The highest BCUT2D eigenvalue weighted by atomic mass is 28.3. The lowest BCUT2D eigenvalue weighted by atomic mass is 10.2. The van der Waals surface area contributed by atoms with Crippen LogP contribution in [-0.2, 0) is 13.3 Å². The Morgan fingerprint density at radius 2 is 1.92 bits per heavy atom. The van der Waals surface area contributed by atoms with Crippen LogP contribution in [0.3, 0.4) is 0 Å². The van der Waals surface area contributed by atoms with Crippen LogP contribution in [0.25, 0.3) is 0 Å². The topological polar surface area (TPSA) is 53.7 Å². The molecule has 0 bridgehead atoms. The maximum absolute atomic E-state index is 5.49. The van der Waals surface area contributed by atoms with Crippen LogP contribution >= 0.6 is 0 Å². The summed E-state index contributed by atoms with van der Waals surface area (Å²) in [6.07, 6.45) is 2.13. The molecule has 0 aromatic heterocycles. The molecule has 1 atom stereocenters. The van der Waals surface area contributed by atoms with E-state index in [1.165, 1.54) is 0 Å². The lowest BCUT2D eigenvalue weighted by Gasteiger charge is -2.17. The highest BCUT2D eigenvalue weighted by Crippen LogP contribution is 2.03. The first-order chi connectivity index (χ1) is 5.74. The Hall–Kier alpha value is 0.0569. The lowest BCUT2D eigenvalue weighted by Crippen LogP contribution is -2.28. The van der Waals surface area contributed by atoms with Crippen LogP contribution in [0.2, 0.25) is 0 Å². The van der Waals surface area contributed by atoms with Gasteiger partial charge in [0, 0.05) is 20.3 Å². The lowest BCUT2D eigenvalue weighted by molar-refractivity contribution is 0.0900. The van der Waals surface area contributed by atoms with E-state index in [0.717, 1.165) is 12.8 Å². The van der Waals surface area contributed by atoms with Crippen LogP contribution in [0, 0.1) is 0 Å². The molecular weight excluding hydrogens is 174 g/mol. The van der Waals surface area contributed by atoms with Gasteiger partial charge >= 0.3 is 9.53 Å². The monoisotopic (exact) mass is 193 g/mol. The van der Waals surface area contributed by atoms with Gasteiger partial charge in [0.05, 0.1) is 0 Å². The minimum Gasteiger partial charge on any atom is -0.379 e. The fourth-order valence-corrected chi connectivity index (χ4v) is 1.80. The molecule has 0 radical (unpaired) electrons. The zero-order valence-electron chi connectivity index (χ0n) is 8.08. The van der Waals surface area contributed by atoms with Crippen molar-refractivity contribution in [3.05, 3.63) is 0 Å². The Morgan fingerprint density at radius 1 is 1.33 bits per heavy atom. The SMILES string of the molecule is CO[SiH](OC)OC(C)CCCN. The Labute approximate surface area is 76.0 Å². The van der Waals surface area contributed by atoms with Gasteiger partial charge in [0.15, 0.2) is 0 Å². The van der Waals surface area contributed by atoms with Crippen molar-refractivity contribution in [1.29, 1.82) is 0 Å². The third-order valence-corrected chi connectivity index (χ3v) is 3.00. The smallest absolute Gasteiger partial charge is 0.379 e. The molecule has 0 spiro atoms. The first kappa shape index (κ1) is 12.1. The molecule has 74 valence electrons. The molecular formula is C7H19NO3Si. The van der Waals surface area contributed by atoms with E-state index in [1.807, 2.05) is 6.92 Å². The molecule has 4 nitrogen and oxygen atoms in total. The van der Waals surface area contributed by atoms with Crippen molar-refractivity contribution >= 4 is 9.53 Å². The second kappa shape index (κ2) is 7.69. The molecule has 0 aromatic carbocycles. The molecule has 0 rings (SSSR count). The number of hydrogen-bond donors (Lipinski definition) is 1. The predicted octanol–water partition coefficient (Wildman–Crippen LogP) is 0.140. The molecule has 5 heteroatoms. The average Bonchev–Trinajstić information content (AvgIpc) is 2.10. The van der Waals surface area contributed by atoms with Gasteiger partial charge in [-0.15, -0.1) is 0 Å². The van der Waals surface area contributed by atoms with Gasteiger partial charge in [0.2, 0.25) is 0 Å². The summed E-state index contributed by atoms with van der Waals surface area (Å²) in [4.78, 5) is 0. The van der Waals surface area contributed by atoms with E-state index in [1.54, 1.807) is 14.2 Å². The van der Waals surface area contributed by atoms with Crippen molar-refractivity contribution in [2.45, 2.75) is 25.9 Å². The van der Waals surface area contributed by atoms with Crippen molar-refractivity contribution in [1.82, 2.24) is 0 Å². The highest BCUT2D eigenvalue weighted by Gasteiger charge is 2.14. The van der Waals surface area contributed by atoms with Crippen LogP contribution in [0.15, 0.2) is 0 Å². The van der Waals surface area contributed by atoms with Gasteiger partial charge in [-0.05, 0) is 26.3 Å². The molecule has 0 saturated carbocycles. The summed E-state index contributed by atoms with van der Waals surface area (Å²) in [5.74, 6) is 0. The van der Waals surface area contributed by atoms with E-state index >= 15 is 0 Å². The molecule has 0 aliphatic carbocycles. The first-order valence-electron chi connectivity index (χ1n) is 4.15. The first-order valence-corrected chi connectivity index (χ1v) is 5.57. The number of nitrogens with two attached hydrogens (primary N) is 1. The normalized spacial score (nSPS) is 13.8. The zero-order chi connectivity index (χ0) is 9.40. The summed E-state index contributed by atoms with van der Waals surface area (Å²) in [7, 11) is 1.38. The average molecular weight is 193 g/mol. The van der Waals surface area contributed by atoms with Gasteiger partial charge in [-0.25, -0.2) is 0 Å². The highest BCUT2D eigenvalue weighted by molar-refractivity contribution is 6.36. The van der Waals surface area contributed by atoms with Crippen LogP contribution in [0.1, 0.15) is 19.8 Å². The molecule has 12 heavy (non-hydrogen) atoms. The number of rotatable bonds is 7. The van der Waals surface area contributed by atoms with Crippen molar-refractivity contribution in [2.75, 3.05) is 20.8 Å². The molecule has 0 aromatic rings. The maximum Gasteiger partial charge on any atom is 0.483 e. The van der Waals surface area contributed by atoms with Gasteiger partial charge in [0.1, 0.15) is 0 Å². The molecule has 0 aliphatic heterocycles. The summed E-state index contributed by atoms with van der Waals surface area (Å²) < 4.78 is 15.5. The van der Waals surface area contributed by atoms with Crippen molar-refractivity contribution in [3.63, 3.8) is 0 Å². The van der Waals surface area contributed by atoms with Gasteiger partial charge in [-0.3, -0.25) is 0 Å². The molecule has 2 N–H and O–H groups in total. The van der Waals surface area contributed by atoms with Crippen LogP contribution in [0.4, 0.5) is 0 Å². The minimum atomic E-state index is -1.83. The second-order valence-electron chi connectivity index (χ2n) is 2.64. The number of hydrogen-bond acceptors (Lipinski definition) is 4. The van der Waals surface area contributed by atoms with E-state index in [0.29, 0.717) is 6.54 Å². The van der Waals surface area contributed by atoms with Crippen LogP contribution < -0.4 is 5.73 Å². The largest absolute Gasteiger partial charge is 0.483 e. The Morgan fingerprint density at radius 3 is 2.33 bits per heavy atom. The third-order valence-electron chi connectivity index (χ3n) is 1.54. The predicted molar refractivity (Wildman–Crippen MR) is 50.0 cm³/mol. The fraction of sp³-hybridized carbons (Fsp3) is 1.00. The van der Waals surface area contributed by atoms with E-state index < -0.39 is 9.53 Å². The van der Waals surface area contributed by atoms with Crippen molar-refractivity contribution in [3.8, 4) is 0 Å². The Kier molecular flexibility index (Phi) is 7.73. The van der Waals surface area contributed by atoms with E-state index in [9.17, 15) is 0 Å².